The normalized spacial score (nSPS) is 18.5. The molecule has 1 amide bonds. The second-order valence-electron chi connectivity index (χ2n) is 6.22. The maximum atomic E-state index is 12.3. The zero-order chi connectivity index (χ0) is 18.6. The van der Waals surface area contributed by atoms with Crippen LogP contribution in [-0.4, -0.2) is 39.0 Å². The van der Waals surface area contributed by atoms with Crippen molar-refractivity contribution >= 4 is 15.7 Å². The van der Waals surface area contributed by atoms with Crippen molar-refractivity contribution < 1.29 is 26.7 Å². The van der Waals surface area contributed by atoms with Crippen molar-refractivity contribution in [2.24, 2.45) is 5.73 Å². The highest BCUT2D eigenvalue weighted by Gasteiger charge is 2.25. The van der Waals surface area contributed by atoms with Crippen LogP contribution in [0.4, 0.5) is 8.78 Å². The van der Waals surface area contributed by atoms with Gasteiger partial charge in [0.1, 0.15) is 15.6 Å². The quantitative estimate of drug-likeness (QED) is 0.752. The van der Waals surface area contributed by atoms with E-state index in [1.807, 2.05) is 0 Å². The lowest BCUT2D eigenvalue weighted by molar-refractivity contribution is -0.123. The number of benzene rings is 1. The Balaban J connectivity index is 2.03. The molecule has 2 atom stereocenters. The van der Waals surface area contributed by atoms with Crippen molar-refractivity contribution in [1.82, 2.24) is 5.32 Å². The van der Waals surface area contributed by atoms with Crippen LogP contribution in [0.1, 0.15) is 36.4 Å². The summed E-state index contributed by atoms with van der Waals surface area (Å²) in [4.78, 5) is 12.2. The molecule has 0 fully saturated rings. The smallest absolute Gasteiger partial charge is 0.387 e. The summed E-state index contributed by atoms with van der Waals surface area (Å²) in [7, 11) is -3.18. The number of hydrogen-bond donors (Lipinski definition) is 2. The number of aryl methyl sites for hydroxylation is 1. The van der Waals surface area contributed by atoms with Gasteiger partial charge in [-0.05, 0) is 48.9 Å². The van der Waals surface area contributed by atoms with Gasteiger partial charge in [-0.1, -0.05) is 6.07 Å². The van der Waals surface area contributed by atoms with E-state index in [1.165, 1.54) is 6.07 Å². The molecule has 0 spiro atoms. The molecular weight excluding hydrogens is 354 g/mol. The number of fused-ring (bicyclic) bond motifs is 1. The zero-order valence-corrected chi connectivity index (χ0v) is 14.7. The molecule has 3 N–H and O–H groups in total. The van der Waals surface area contributed by atoms with Gasteiger partial charge in [-0.3, -0.25) is 4.79 Å². The van der Waals surface area contributed by atoms with Crippen LogP contribution in [-0.2, 0) is 21.1 Å². The summed E-state index contributed by atoms with van der Waals surface area (Å²) in [5.74, 6) is -0.489. The Morgan fingerprint density at radius 2 is 2.16 bits per heavy atom. The monoisotopic (exact) mass is 376 g/mol. The molecule has 0 aromatic heterocycles. The minimum atomic E-state index is -3.18. The third kappa shape index (κ3) is 5.93. The van der Waals surface area contributed by atoms with Gasteiger partial charge in [0.2, 0.25) is 5.91 Å². The molecule has 140 valence electrons. The summed E-state index contributed by atoms with van der Waals surface area (Å²) in [6, 6.07) is 3.48. The van der Waals surface area contributed by atoms with Gasteiger partial charge in [-0.25, -0.2) is 8.42 Å². The summed E-state index contributed by atoms with van der Waals surface area (Å²) in [5, 5.41) is 2.82. The van der Waals surface area contributed by atoms with E-state index >= 15 is 0 Å². The van der Waals surface area contributed by atoms with Gasteiger partial charge < -0.3 is 15.8 Å². The van der Waals surface area contributed by atoms with Gasteiger partial charge in [-0.15, -0.1) is 0 Å². The van der Waals surface area contributed by atoms with Crippen molar-refractivity contribution in [2.45, 2.75) is 44.4 Å². The van der Waals surface area contributed by atoms with Crippen LogP contribution in [0.3, 0.4) is 0 Å². The summed E-state index contributed by atoms with van der Waals surface area (Å²) in [5.41, 5.74) is 7.45. The van der Waals surface area contributed by atoms with Crippen LogP contribution in [0.25, 0.3) is 0 Å². The molecule has 2 unspecified atom stereocenters. The molecule has 25 heavy (non-hydrogen) atoms. The van der Waals surface area contributed by atoms with Gasteiger partial charge in [0.25, 0.3) is 0 Å². The average Bonchev–Trinajstić information content (AvgIpc) is 2.51. The SMILES string of the molecule is CS(=O)(=O)CCC(N)C(=O)NC1CCCc2cc(OC(F)F)ccc21. The minimum Gasteiger partial charge on any atom is -0.435 e. The Kier molecular flexibility index (Phi) is 6.34. The lowest BCUT2D eigenvalue weighted by Crippen LogP contribution is -2.43. The Morgan fingerprint density at radius 3 is 2.80 bits per heavy atom. The van der Waals surface area contributed by atoms with Gasteiger partial charge >= 0.3 is 6.61 Å². The third-order valence-electron chi connectivity index (χ3n) is 4.11. The molecule has 0 aliphatic heterocycles. The van der Waals surface area contributed by atoms with E-state index in [0.29, 0.717) is 12.8 Å². The Hall–Kier alpha value is -1.74. The second kappa shape index (κ2) is 8.09. The fraction of sp³-hybridized carbons (Fsp3) is 0.562. The Labute approximate surface area is 145 Å². The first-order chi connectivity index (χ1) is 11.7. The molecule has 0 heterocycles. The van der Waals surface area contributed by atoms with E-state index in [0.717, 1.165) is 23.8 Å². The lowest BCUT2D eigenvalue weighted by atomic mass is 9.87. The Bertz CT molecular complexity index is 725. The molecule has 6 nitrogen and oxygen atoms in total. The van der Waals surface area contributed by atoms with Gasteiger partial charge in [0, 0.05) is 6.26 Å². The highest BCUT2D eigenvalue weighted by Crippen LogP contribution is 2.32. The highest BCUT2D eigenvalue weighted by molar-refractivity contribution is 7.90. The minimum absolute atomic E-state index is 0.0470. The first kappa shape index (κ1) is 19.6. The number of halogens is 2. The number of hydrogen-bond acceptors (Lipinski definition) is 5. The predicted molar refractivity (Wildman–Crippen MR) is 89.2 cm³/mol. The standard InChI is InChI=1S/C16H22F2N2O4S/c1-25(22,23)8-7-13(19)15(21)20-14-4-2-3-10-9-11(24-16(17)18)5-6-12(10)14/h5-6,9,13-14,16H,2-4,7-8,19H2,1H3,(H,20,21). The molecule has 0 radical (unpaired) electrons. The van der Waals surface area contributed by atoms with Gasteiger partial charge in [0.05, 0.1) is 17.8 Å². The Morgan fingerprint density at radius 1 is 1.44 bits per heavy atom. The number of alkyl halides is 2. The number of ether oxygens (including phenoxy) is 1. The zero-order valence-electron chi connectivity index (χ0n) is 13.9. The second-order valence-corrected chi connectivity index (χ2v) is 8.48. The van der Waals surface area contributed by atoms with Crippen molar-refractivity contribution in [3.05, 3.63) is 29.3 Å². The first-order valence-electron chi connectivity index (χ1n) is 7.97. The van der Waals surface area contributed by atoms with E-state index in [-0.39, 0.29) is 24.0 Å². The molecule has 0 saturated heterocycles. The maximum absolute atomic E-state index is 12.3. The van der Waals surface area contributed by atoms with Crippen molar-refractivity contribution in [3.8, 4) is 5.75 Å². The number of carbonyl (C=O) groups is 1. The summed E-state index contributed by atoms with van der Waals surface area (Å²) >= 11 is 0. The molecule has 1 aliphatic carbocycles. The average molecular weight is 376 g/mol. The summed E-state index contributed by atoms with van der Waals surface area (Å²) in [6.45, 7) is -2.88. The van der Waals surface area contributed by atoms with Crippen LogP contribution < -0.4 is 15.8 Å². The number of carbonyl (C=O) groups excluding carboxylic acids is 1. The number of nitrogens with two attached hydrogens (primary N) is 1. The fourth-order valence-corrected chi connectivity index (χ4v) is 3.55. The van der Waals surface area contributed by atoms with E-state index < -0.39 is 28.4 Å². The molecule has 0 bridgehead atoms. The van der Waals surface area contributed by atoms with Crippen LogP contribution in [0.5, 0.6) is 5.75 Å². The molecule has 2 rings (SSSR count). The molecule has 1 aromatic carbocycles. The first-order valence-corrected chi connectivity index (χ1v) is 10.0. The van der Waals surface area contributed by atoms with Crippen LogP contribution >= 0.6 is 0 Å². The third-order valence-corrected chi connectivity index (χ3v) is 5.08. The van der Waals surface area contributed by atoms with Crippen LogP contribution in [0, 0.1) is 0 Å². The van der Waals surface area contributed by atoms with Gasteiger partial charge in [0.15, 0.2) is 0 Å². The molecule has 1 aliphatic rings. The largest absolute Gasteiger partial charge is 0.435 e. The van der Waals surface area contributed by atoms with Crippen LogP contribution in [0.15, 0.2) is 18.2 Å². The number of nitrogens with one attached hydrogen (secondary N) is 1. The highest BCUT2D eigenvalue weighted by atomic mass is 32.2. The molecule has 1 aromatic rings. The maximum Gasteiger partial charge on any atom is 0.387 e. The summed E-state index contributed by atoms with van der Waals surface area (Å²) in [6.07, 6.45) is 3.34. The fourth-order valence-electron chi connectivity index (χ4n) is 2.87. The van der Waals surface area contributed by atoms with E-state index in [4.69, 9.17) is 5.73 Å². The number of rotatable bonds is 7. The number of amides is 1. The predicted octanol–water partition coefficient (Wildman–Crippen LogP) is 1.54. The molecule has 0 saturated carbocycles. The topological polar surface area (TPSA) is 98.5 Å². The summed E-state index contributed by atoms with van der Waals surface area (Å²) < 4.78 is 51.4. The molecule has 9 heteroatoms. The molecular formula is C16H22F2N2O4S. The van der Waals surface area contributed by atoms with Crippen molar-refractivity contribution in [2.75, 3.05) is 12.0 Å². The van der Waals surface area contributed by atoms with Gasteiger partial charge in [-0.2, -0.15) is 8.78 Å². The van der Waals surface area contributed by atoms with E-state index in [2.05, 4.69) is 10.1 Å². The van der Waals surface area contributed by atoms with E-state index in [1.54, 1.807) is 12.1 Å². The van der Waals surface area contributed by atoms with Crippen LogP contribution in [0.2, 0.25) is 0 Å². The van der Waals surface area contributed by atoms with E-state index in [9.17, 15) is 22.0 Å². The number of sulfone groups is 1. The lowest BCUT2D eigenvalue weighted by Gasteiger charge is -2.28. The van der Waals surface area contributed by atoms with Crippen molar-refractivity contribution in [3.63, 3.8) is 0 Å². The van der Waals surface area contributed by atoms with Crippen molar-refractivity contribution in [1.29, 1.82) is 0 Å².